The SMILES string of the molecule is COc1ccc(NC(=O)c2ccnc(Nc3ccccc3C)n2)cc1. The average Bonchev–Trinajstić information content (AvgIpc) is 2.64. The molecule has 1 aromatic heterocycles. The van der Waals surface area contributed by atoms with Crippen LogP contribution in [-0.4, -0.2) is 23.0 Å². The molecule has 0 saturated carbocycles. The van der Waals surface area contributed by atoms with Crippen LogP contribution < -0.4 is 15.4 Å². The maximum Gasteiger partial charge on any atom is 0.274 e. The second-order valence-corrected chi connectivity index (χ2v) is 5.39. The Morgan fingerprint density at radius 2 is 1.80 bits per heavy atom. The average molecular weight is 334 g/mol. The van der Waals surface area contributed by atoms with Gasteiger partial charge in [0.15, 0.2) is 0 Å². The third kappa shape index (κ3) is 4.11. The number of carbonyl (C=O) groups excluding carboxylic acids is 1. The molecule has 126 valence electrons. The highest BCUT2D eigenvalue weighted by atomic mass is 16.5. The summed E-state index contributed by atoms with van der Waals surface area (Å²) in [7, 11) is 1.59. The van der Waals surface area contributed by atoms with Crippen LogP contribution in [0.5, 0.6) is 5.75 Å². The predicted molar refractivity (Wildman–Crippen MR) is 97.4 cm³/mol. The van der Waals surface area contributed by atoms with Crippen LogP contribution in [0.2, 0.25) is 0 Å². The van der Waals surface area contributed by atoms with E-state index in [4.69, 9.17) is 4.74 Å². The molecule has 25 heavy (non-hydrogen) atoms. The fourth-order valence-corrected chi connectivity index (χ4v) is 2.25. The van der Waals surface area contributed by atoms with Crippen LogP contribution in [0, 0.1) is 6.92 Å². The standard InChI is InChI=1S/C19H18N4O2/c1-13-5-3-4-6-16(13)22-19-20-12-11-17(23-19)18(24)21-14-7-9-15(25-2)10-8-14/h3-12H,1-2H3,(H,21,24)(H,20,22,23). The minimum atomic E-state index is -0.305. The lowest BCUT2D eigenvalue weighted by atomic mass is 10.2. The second-order valence-electron chi connectivity index (χ2n) is 5.39. The highest BCUT2D eigenvalue weighted by Crippen LogP contribution is 2.18. The molecule has 0 saturated heterocycles. The molecule has 1 amide bonds. The smallest absolute Gasteiger partial charge is 0.274 e. The van der Waals surface area contributed by atoms with Crippen molar-refractivity contribution in [1.82, 2.24) is 9.97 Å². The van der Waals surface area contributed by atoms with Gasteiger partial charge in [0.25, 0.3) is 5.91 Å². The third-order valence-corrected chi connectivity index (χ3v) is 3.63. The molecule has 0 atom stereocenters. The lowest BCUT2D eigenvalue weighted by Crippen LogP contribution is -2.14. The van der Waals surface area contributed by atoms with Crippen molar-refractivity contribution >= 4 is 23.2 Å². The van der Waals surface area contributed by atoms with Gasteiger partial charge in [-0.1, -0.05) is 18.2 Å². The molecule has 0 unspecified atom stereocenters. The van der Waals surface area contributed by atoms with Crippen molar-refractivity contribution in [2.24, 2.45) is 0 Å². The van der Waals surface area contributed by atoms with E-state index in [0.717, 1.165) is 17.0 Å². The van der Waals surface area contributed by atoms with E-state index in [1.807, 2.05) is 31.2 Å². The van der Waals surface area contributed by atoms with Crippen molar-refractivity contribution in [1.29, 1.82) is 0 Å². The molecule has 0 aliphatic carbocycles. The molecule has 6 nitrogen and oxygen atoms in total. The van der Waals surface area contributed by atoms with Gasteiger partial charge in [-0.2, -0.15) is 0 Å². The number of hydrogen-bond donors (Lipinski definition) is 2. The van der Waals surface area contributed by atoms with Gasteiger partial charge in [-0.3, -0.25) is 4.79 Å². The zero-order chi connectivity index (χ0) is 17.6. The number of anilines is 3. The van der Waals surface area contributed by atoms with Gasteiger partial charge in [0.1, 0.15) is 11.4 Å². The maximum atomic E-state index is 12.4. The molecular formula is C19H18N4O2. The van der Waals surface area contributed by atoms with Gasteiger partial charge >= 0.3 is 0 Å². The minimum Gasteiger partial charge on any atom is -0.497 e. The number of methoxy groups -OCH3 is 1. The van der Waals surface area contributed by atoms with Crippen molar-refractivity contribution in [3.8, 4) is 5.75 Å². The molecule has 2 aromatic carbocycles. The summed E-state index contributed by atoms with van der Waals surface area (Å²) in [5, 5.41) is 5.93. The Morgan fingerprint density at radius 3 is 2.52 bits per heavy atom. The fourth-order valence-electron chi connectivity index (χ4n) is 2.25. The lowest BCUT2D eigenvalue weighted by Gasteiger charge is -2.09. The summed E-state index contributed by atoms with van der Waals surface area (Å²) in [4.78, 5) is 20.8. The highest BCUT2D eigenvalue weighted by molar-refractivity contribution is 6.03. The van der Waals surface area contributed by atoms with E-state index >= 15 is 0 Å². The molecule has 2 N–H and O–H groups in total. The molecule has 0 spiro atoms. The van der Waals surface area contributed by atoms with Crippen molar-refractivity contribution in [2.75, 3.05) is 17.7 Å². The zero-order valence-corrected chi connectivity index (χ0v) is 14.0. The van der Waals surface area contributed by atoms with Gasteiger partial charge in [-0.05, 0) is 48.9 Å². The van der Waals surface area contributed by atoms with Crippen molar-refractivity contribution in [3.05, 3.63) is 72.1 Å². The Balaban J connectivity index is 1.74. The minimum absolute atomic E-state index is 0.280. The van der Waals surface area contributed by atoms with E-state index in [1.165, 1.54) is 0 Å². The number of ether oxygens (including phenoxy) is 1. The predicted octanol–water partition coefficient (Wildman–Crippen LogP) is 3.79. The lowest BCUT2D eigenvalue weighted by molar-refractivity contribution is 0.102. The van der Waals surface area contributed by atoms with Crippen LogP contribution in [0.3, 0.4) is 0 Å². The topological polar surface area (TPSA) is 76.1 Å². The molecule has 3 rings (SSSR count). The number of para-hydroxylation sites is 1. The monoisotopic (exact) mass is 334 g/mol. The first-order valence-corrected chi connectivity index (χ1v) is 7.77. The Morgan fingerprint density at radius 1 is 1.04 bits per heavy atom. The van der Waals surface area contributed by atoms with E-state index < -0.39 is 0 Å². The molecule has 1 heterocycles. The number of hydrogen-bond acceptors (Lipinski definition) is 5. The van der Waals surface area contributed by atoms with E-state index in [2.05, 4.69) is 20.6 Å². The zero-order valence-electron chi connectivity index (χ0n) is 14.0. The summed E-state index contributed by atoms with van der Waals surface area (Å²) < 4.78 is 5.10. The van der Waals surface area contributed by atoms with Crippen molar-refractivity contribution in [3.63, 3.8) is 0 Å². The Kier molecular flexibility index (Phi) is 4.89. The van der Waals surface area contributed by atoms with Crippen LogP contribution in [0.15, 0.2) is 60.8 Å². The molecule has 0 radical (unpaired) electrons. The van der Waals surface area contributed by atoms with Gasteiger partial charge in [-0.25, -0.2) is 9.97 Å². The number of nitrogens with one attached hydrogen (secondary N) is 2. The van der Waals surface area contributed by atoms with E-state index in [1.54, 1.807) is 43.6 Å². The number of amides is 1. The highest BCUT2D eigenvalue weighted by Gasteiger charge is 2.10. The number of nitrogens with zero attached hydrogens (tertiary/aromatic N) is 2. The summed E-state index contributed by atoms with van der Waals surface area (Å²) in [6, 6.07) is 16.5. The molecule has 6 heteroatoms. The fraction of sp³-hybridized carbons (Fsp3) is 0.105. The number of rotatable bonds is 5. The summed E-state index contributed by atoms with van der Waals surface area (Å²) >= 11 is 0. The van der Waals surface area contributed by atoms with Crippen LogP contribution in [0.1, 0.15) is 16.1 Å². The largest absolute Gasteiger partial charge is 0.497 e. The number of carbonyl (C=O) groups is 1. The Labute approximate surface area is 145 Å². The Hall–Kier alpha value is -3.41. The first-order chi connectivity index (χ1) is 12.2. The molecule has 0 fully saturated rings. The van der Waals surface area contributed by atoms with Crippen LogP contribution in [-0.2, 0) is 0 Å². The van der Waals surface area contributed by atoms with Crippen LogP contribution >= 0.6 is 0 Å². The van der Waals surface area contributed by atoms with Gasteiger partial charge in [0, 0.05) is 17.6 Å². The molecule has 0 aliphatic rings. The Bertz CT molecular complexity index is 879. The molecule has 0 aliphatic heterocycles. The van der Waals surface area contributed by atoms with Gasteiger partial charge in [-0.15, -0.1) is 0 Å². The third-order valence-electron chi connectivity index (χ3n) is 3.63. The number of aryl methyl sites for hydroxylation is 1. The van der Waals surface area contributed by atoms with Crippen molar-refractivity contribution in [2.45, 2.75) is 6.92 Å². The summed E-state index contributed by atoms with van der Waals surface area (Å²) in [6.07, 6.45) is 1.55. The summed E-state index contributed by atoms with van der Waals surface area (Å²) in [5.41, 5.74) is 2.91. The van der Waals surface area contributed by atoms with Crippen LogP contribution in [0.25, 0.3) is 0 Å². The molecule has 0 bridgehead atoms. The first kappa shape index (κ1) is 16.4. The van der Waals surface area contributed by atoms with Gasteiger partial charge < -0.3 is 15.4 Å². The summed E-state index contributed by atoms with van der Waals surface area (Å²) in [6.45, 7) is 1.99. The molecule has 3 aromatic rings. The van der Waals surface area contributed by atoms with Crippen LogP contribution in [0.4, 0.5) is 17.3 Å². The van der Waals surface area contributed by atoms with E-state index in [0.29, 0.717) is 11.6 Å². The molecular weight excluding hydrogens is 316 g/mol. The normalized spacial score (nSPS) is 10.2. The second kappa shape index (κ2) is 7.44. The summed E-state index contributed by atoms with van der Waals surface area (Å²) in [5.74, 6) is 0.793. The van der Waals surface area contributed by atoms with Crippen molar-refractivity contribution < 1.29 is 9.53 Å². The maximum absolute atomic E-state index is 12.4. The quantitative estimate of drug-likeness (QED) is 0.742. The van der Waals surface area contributed by atoms with E-state index in [9.17, 15) is 4.79 Å². The van der Waals surface area contributed by atoms with E-state index in [-0.39, 0.29) is 11.6 Å². The van der Waals surface area contributed by atoms with Gasteiger partial charge in [0.2, 0.25) is 5.95 Å². The number of aromatic nitrogens is 2. The first-order valence-electron chi connectivity index (χ1n) is 7.77. The van der Waals surface area contributed by atoms with Gasteiger partial charge in [0.05, 0.1) is 7.11 Å². The number of benzene rings is 2.